The van der Waals surface area contributed by atoms with E-state index in [-0.39, 0.29) is 29.2 Å². The summed E-state index contributed by atoms with van der Waals surface area (Å²) in [5.74, 6) is -2.09. The van der Waals surface area contributed by atoms with Crippen LogP contribution >= 0.6 is 12.2 Å². The second-order valence-corrected chi connectivity index (χ2v) is 4.15. The second-order valence-electron chi connectivity index (χ2n) is 3.76. The van der Waals surface area contributed by atoms with E-state index in [2.05, 4.69) is 10.3 Å². The number of imidazole rings is 1. The van der Waals surface area contributed by atoms with Gasteiger partial charge in [-0.05, 0) is 24.4 Å². The lowest BCUT2D eigenvalue weighted by atomic mass is 10.3. The third-order valence-corrected chi connectivity index (χ3v) is 2.99. The maximum absolute atomic E-state index is 13.7. The zero-order valence-corrected chi connectivity index (χ0v) is 10.4. The fourth-order valence-corrected chi connectivity index (χ4v) is 2.03. The van der Waals surface area contributed by atoms with Crippen molar-refractivity contribution in [2.24, 2.45) is 0 Å². The Morgan fingerprint density at radius 2 is 2.22 bits per heavy atom. The van der Waals surface area contributed by atoms with Crippen LogP contribution in [0, 0.1) is 16.4 Å². The van der Waals surface area contributed by atoms with Gasteiger partial charge in [0.2, 0.25) is 5.91 Å². The van der Waals surface area contributed by atoms with Gasteiger partial charge < -0.3 is 14.9 Å². The molecule has 18 heavy (non-hydrogen) atoms. The minimum absolute atomic E-state index is 0.0592. The normalized spacial score (nSPS) is 10.8. The van der Waals surface area contributed by atoms with Gasteiger partial charge in [-0.25, -0.2) is 8.78 Å². The summed E-state index contributed by atoms with van der Waals surface area (Å²) in [5, 5.41) is 2.46. The van der Waals surface area contributed by atoms with E-state index in [1.165, 1.54) is 17.7 Å². The van der Waals surface area contributed by atoms with Gasteiger partial charge in [0, 0.05) is 20.0 Å². The first-order valence-electron chi connectivity index (χ1n) is 5.31. The number of halogens is 2. The number of hydrogen-bond acceptors (Lipinski definition) is 2. The van der Waals surface area contributed by atoms with E-state index in [0.717, 1.165) is 6.07 Å². The summed E-state index contributed by atoms with van der Waals surface area (Å²) in [7, 11) is 1.51. The van der Waals surface area contributed by atoms with Crippen molar-refractivity contribution in [3.8, 4) is 0 Å². The molecule has 0 saturated heterocycles. The lowest BCUT2D eigenvalue weighted by molar-refractivity contribution is -0.120. The third kappa shape index (κ3) is 2.13. The zero-order chi connectivity index (χ0) is 13.3. The Morgan fingerprint density at radius 1 is 1.50 bits per heavy atom. The molecule has 2 N–H and O–H groups in total. The lowest BCUT2D eigenvalue weighted by Crippen LogP contribution is -2.19. The zero-order valence-electron chi connectivity index (χ0n) is 9.59. The average molecular weight is 271 g/mol. The number of nitrogens with one attached hydrogen (secondary N) is 2. The first kappa shape index (κ1) is 12.7. The first-order valence-corrected chi connectivity index (χ1v) is 5.72. The molecule has 0 aliphatic carbocycles. The van der Waals surface area contributed by atoms with Crippen LogP contribution in [-0.4, -0.2) is 22.5 Å². The predicted molar refractivity (Wildman–Crippen MR) is 65.7 cm³/mol. The molecule has 1 aromatic heterocycles. The van der Waals surface area contributed by atoms with Crippen molar-refractivity contribution >= 4 is 29.2 Å². The molecule has 0 bridgehead atoms. The number of aromatic nitrogens is 2. The molecule has 96 valence electrons. The number of amides is 1. The van der Waals surface area contributed by atoms with Crippen LogP contribution in [0.15, 0.2) is 12.1 Å². The number of benzene rings is 1. The molecule has 2 aromatic rings. The topological polar surface area (TPSA) is 49.8 Å². The second kappa shape index (κ2) is 4.85. The molecule has 0 atom stereocenters. The highest BCUT2D eigenvalue weighted by Gasteiger charge is 2.14. The molecular formula is C11H11F2N3OS. The van der Waals surface area contributed by atoms with Crippen molar-refractivity contribution in [3.05, 3.63) is 28.5 Å². The molecule has 0 fully saturated rings. The van der Waals surface area contributed by atoms with Gasteiger partial charge in [-0.2, -0.15) is 0 Å². The van der Waals surface area contributed by atoms with Crippen LogP contribution in [0.4, 0.5) is 8.78 Å². The van der Waals surface area contributed by atoms with Crippen molar-refractivity contribution in [2.45, 2.75) is 13.0 Å². The van der Waals surface area contributed by atoms with Crippen LogP contribution in [0.3, 0.4) is 0 Å². The summed E-state index contributed by atoms with van der Waals surface area (Å²) < 4.78 is 28.6. The summed E-state index contributed by atoms with van der Waals surface area (Å²) >= 11 is 5.03. The summed E-state index contributed by atoms with van der Waals surface area (Å²) in [6.45, 7) is 0.193. The standard InChI is InChI=1S/C11H11F2N3OS/c1-14-8(17)4-5-16-10-7(15-11(16)18)3-2-6(12)9(10)13/h2-3H,4-5H2,1H3,(H,14,17)(H,15,18). The van der Waals surface area contributed by atoms with Gasteiger partial charge in [0.25, 0.3) is 0 Å². The Kier molecular flexibility index (Phi) is 3.42. The Morgan fingerprint density at radius 3 is 2.89 bits per heavy atom. The molecule has 0 saturated carbocycles. The van der Waals surface area contributed by atoms with Crippen LogP contribution < -0.4 is 5.32 Å². The SMILES string of the molecule is CNC(=O)CCn1c(=S)[nH]c2ccc(F)c(F)c21. The molecule has 0 aliphatic rings. The minimum atomic E-state index is -0.961. The number of aryl methyl sites for hydroxylation is 1. The van der Waals surface area contributed by atoms with Crippen LogP contribution in [0.1, 0.15) is 6.42 Å². The monoisotopic (exact) mass is 271 g/mol. The van der Waals surface area contributed by atoms with Crippen molar-refractivity contribution in [1.29, 1.82) is 0 Å². The Balaban J connectivity index is 2.49. The molecule has 1 amide bonds. The van der Waals surface area contributed by atoms with Gasteiger partial charge in [-0.3, -0.25) is 4.79 Å². The third-order valence-electron chi connectivity index (χ3n) is 2.67. The van der Waals surface area contributed by atoms with E-state index in [0.29, 0.717) is 5.52 Å². The van der Waals surface area contributed by atoms with E-state index < -0.39 is 11.6 Å². The molecular weight excluding hydrogens is 260 g/mol. The molecule has 1 aromatic carbocycles. The van der Waals surface area contributed by atoms with Crippen molar-refractivity contribution < 1.29 is 13.6 Å². The number of nitrogens with zero attached hydrogens (tertiary/aromatic N) is 1. The highest BCUT2D eigenvalue weighted by atomic mass is 32.1. The smallest absolute Gasteiger partial charge is 0.221 e. The van der Waals surface area contributed by atoms with Gasteiger partial charge in [-0.1, -0.05) is 0 Å². The van der Waals surface area contributed by atoms with E-state index in [1.807, 2.05) is 0 Å². The maximum atomic E-state index is 13.7. The number of H-pyrrole nitrogens is 1. The molecule has 7 heteroatoms. The molecule has 2 rings (SSSR count). The number of carbonyl (C=O) groups is 1. The molecule has 0 spiro atoms. The Bertz CT molecular complexity index is 662. The van der Waals surface area contributed by atoms with Crippen LogP contribution in [0.5, 0.6) is 0 Å². The summed E-state index contributed by atoms with van der Waals surface area (Å²) in [6.07, 6.45) is 0.147. The molecule has 0 unspecified atom stereocenters. The van der Waals surface area contributed by atoms with E-state index in [4.69, 9.17) is 12.2 Å². The number of rotatable bonds is 3. The highest BCUT2D eigenvalue weighted by molar-refractivity contribution is 7.71. The van der Waals surface area contributed by atoms with Crippen molar-refractivity contribution in [2.75, 3.05) is 7.05 Å². The van der Waals surface area contributed by atoms with Gasteiger partial charge in [0.15, 0.2) is 16.4 Å². The van der Waals surface area contributed by atoms with Crippen LogP contribution in [0.2, 0.25) is 0 Å². The van der Waals surface area contributed by atoms with E-state index in [1.54, 1.807) is 0 Å². The predicted octanol–water partition coefficient (Wildman–Crippen LogP) is 2.11. The van der Waals surface area contributed by atoms with Gasteiger partial charge in [0.05, 0.1) is 5.52 Å². The number of carbonyl (C=O) groups excluding carboxylic acids is 1. The van der Waals surface area contributed by atoms with E-state index in [9.17, 15) is 13.6 Å². The first-order chi connectivity index (χ1) is 8.54. The van der Waals surface area contributed by atoms with Gasteiger partial charge in [0.1, 0.15) is 5.52 Å². The molecule has 1 heterocycles. The lowest BCUT2D eigenvalue weighted by Gasteiger charge is -2.04. The van der Waals surface area contributed by atoms with Crippen molar-refractivity contribution in [1.82, 2.24) is 14.9 Å². The average Bonchev–Trinajstić information content (AvgIpc) is 2.68. The molecule has 4 nitrogen and oxygen atoms in total. The fraction of sp³-hybridized carbons (Fsp3) is 0.273. The van der Waals surface area contributed by atoms with E-state index >= 15 is 0 Å². The maximum Gasteiger partial charge on any atom is 0.221 e. The highest BCUT2D eigenvalue weighted by Crippen LogP contribution is 2.20. The quantitative estimate of drug-likeness (QED) is 0.840. The number of fused-ring (bicyclic) bond motifs is 1. The van der Waals surface area contributed by atoms with Gasteiger partial charge in [-0.15, -0.1) is 0 Å². The minimum Gasteiger partial charge on any atom is -0.359 e. The van der Waals surface area contributed by atoms with Gasteiger partial charge >= 0.3 is 0 Å². The summed E-state index contributed by atoms with van der Waals surface area (Å²) in [5.41, 5.74) is 0.472. The van der Waals surface area contributed by atoms with Crippen molar-refractivity contribution in [3.63, 3.8) is 0 Å². The largest absolute Gasteiger partial charge is 0.359 e. The molecule has 0 aliphatic heterocycles. The van der Waals surface area contributed by atoms with Crippen LogP contribution in [-0.2, 0) is 11.3 Å². The Hall–Kier alpha value is -1.76. The number of aromatic amines is 1. The molecule has 0 radical (unpaired) electrons. The fourth-order valence-electron chi connectivity index (χ4n) is 1.74. The number of hydrogen-bond donors (Lipinski definition) is 2. The van der Waals surface area contributed by atoms with Crippen LogP contribution in [0.25, 0.3) is 11.0 Å². The summed E-state index contributed by atoms with van der Waals surface area (Å²) in [4.78, 5) is 13.9. The Labute approximate surface area is 107 Å². The summed E-state index contributed by atoms with van der Waals surface area (Å²) in [6, 6.07) is 2.45.